The number of carbonyl (C=O) groups excluding carboxylic acids is 3. The van der Waals surface area contributed by atoms with E-state index >= 15 is 0 Å². The second kappa shape index (κ2) is 13.4. The highest BCUT2D eigenvalue weighted by Gasteiger charge is 2.18. The quantitative estimate of drug-likeness (QED) is 0.130. The smallest absolute Gasteiger partial charge is 0.329 e. The summed E-state index contributed by atoms with van der Waals surface area (Å²) in [5.41, 5.74) is 4.66. The van der Waals surface area contributed by atoms with Crippen molar-refractivity contribution in [1.29, 1.82) is 0 Å². The number of amides is 3. The molecule has 0 saturated heterocycles. The highest BCUT2D eigenvalue weighted by molar-refractivity contribution is 9.10. The van der Waals surface area contributed by atoms with E-state index < -0.39 is 17.7 Å². The first-order valence-electron chi connectivity index (χ1n) is 11.7. The SMILES string of the molecule is O=C(N/N=C/c1ccccc1OCc1ccc(Br)cc1)C(=O)Nc1ccccc1C(=O)Nc1ccc(Cl)cc1. The van der Waals surface area contributed by atoms with Crippen LogP contribution >= 0.6 is 27.5 Å². The van der Waals surface area contributed by atoms with Crippen LogP contribution in [0.15, 0.2) is 107 Å². The van der Waals surface area contributed by atoms with Crippen molar-refractivity contribution in [3.8, 4) is 5.75 Å². The number of rotatable bonds is 8. The van der Waals surface area contributed by atoms with Crippen molar-refractivity contribution in [1.82, 2.24) is 5.43 Å². The molecule has 0 radical (unpaired) electrons. The molecular formula is C29H22BrClN4O4. The van der Waals surface area contributed by atoms with Crippen LogP contribution in [0.4, 0.5) is 11.4 Å². The molecule has 0 unspecified atom stereocenters. The normalized spacial score (nSPS) is 10.6. The highest BCUT2D eigenvalue weighted by atomic mass is 79.9. The van der Waals surface area contributed by atoms with Crippen LogP contribution in [-0.4, -0.2) is 23.9 Å². The van der Waals surface area contributed by atoms with Gasteiger partial charge in [0.15, 0.2) is 0 Å². The largest absolute Gasteiger partial charge is 0.488 e. The lowest BCUT2D eigenvalue weighted by Crippen LogP contribution is -2.33. The summed E-state index contributed by atoms with van der Waals surface area (Å²) in [6.45, 7) is 0.345. The average Bonchev–Trinajstić information content (AvgIpc) is 2.94. The van der Waals surface area contributed by atoms with Gasteiger partial charge in [0, 0.05) is 20.7 Å². The Bertz CT molecular complexity index is 1510. The molecule has 0 aliphatic heterocycles. The topological polar surface area (TPSA) is 109 Å². The molecule has 0 bridgehead atoms. The van der Waals surface area contributed by atoms with Crippen LogP contribution in [0.2, 0.25) is 5.02 Å². The Hall–Kier alpha value is -4.47. The van der Waals surface area contributed by atoms with Crippen LogP contribution in [0.3, 0.4) is 0 Å². The van der Waals surface area contributed by atoms with Gasteiger partial charge in [-0.3, -0.25) is 14.4 Å². The Morgan fingerprint density at radius 1 is 0.821 bits per heavy atom. The zero-order valence-electron chi connectivity index (χ0n) is 20.4. The fourth-order valence-electron chi connectivity index (χ4n) is 3.37. The number of nitrogens with zero attached hydrogens (tertiary/aromatic N) is 1. The van der Waals surface area contributed by atoms with Crippen molar-refractivity contribution >= 4 is 62.8 Å². The number of hydrazone groups is 1. The van der Waals surface area contributed by atoms with Gasteiger partial charge in [-0.2, -0.15) is 5.10 Å². The third kappa shape index (κ3) is 8.00. The van der Waals surface area contributed by atoms with Crippen molar-refractivity contribution in [2.75, 3.05) is 10.6 Å². The molecule has 0 saturated carbocycles. The van der Waals surface area contributed by atoms with E-state index in [1.54, 1.807) is 54.6 Å². The number of hydrogen-bond donors (Lipinski definition) is 3. The number of benzene rings is 4. The summed E-state index contributed by atoms with van der Waals surface area (Å²) in [7, 11) is 0. The number of nitrogens with one attached hydrogen (secondary N) is 3. The van der Waals surface area contributed by atoms with Crippen LogP contribution in [-0.2, 0) is 16.2 Å². The van der Waals surface area contributed by atoms with Gasteiger partial charge in [0.25, 0.3) is 5.91 Å². The summed E-state index contributed by atoms with van der Waals surface area (Å²) < 4.78 is 6.86. The van der Waals surface area contributed by atoms with Gasteiger partial charge in [0.05, 0.1) is 17.5 Å². The molecule has 0 atom stereocenters. The van der Waals surface area contributed by atoms with E-state index in [9.17, 15) is 14.4 Å². The lowest BCUT2D eigenvalue weighted by molar-refractivity contribution is -0.136. The maximum absolute atomic E-state index is 12.8. The van der Waals surface area contributed by atoms with Crippen molar-refractivity contribution in [2.45, 2.75) is 6.61 Å². The van der Waals surface area contributed by atoms with E-state index in [4.69, 9.17) is 16.3 Å². The molecule has 8 nitrogen and oxygen atoms in total. The molecule has 3 amide bonds. The number of para-hydroxylation sites is 2. The van der Waals surface area contributed by atoms with Gasteiger partial charge in [0.1, 0.15) is 12.4 Å². The second-order valence-electron chi connectivity index (χ2n) is 8.11. The van der Waals surface area contributed by atoms with E-state index in [1.807, 2.05) is 30.3 Å². The van der Waals surface area contributed by atoms with Gasteiger partial charge in [-0.05, 0) is 66.2 Å². The van der Waals surface area contributed by atoms with E-state index in [-0.39, 0.29) is 11.3 Å². The lowest BCUT2D eigenvalue weighted by atomic mass is 10.1. The Morgan fingerprint density at radius 2 is 1.51 bits per heavy atom. The summed E-state index contributed by atoms with van der Waals surface area (Å²) in [4.78, 5) is 37.6. The Morgan fingerprint density at radius 3 is 2.28 bits per heavy atom. The molecule has 0 aromatic heterocycles. The van der Waals surface area contributed by atoms with Gasteiger partial charge in [-0.1, -0.05) is 63.9 Å². The molecule has 0 aliphatic rings. The van der Waals surface area contributed by atoms with Crippen LogP contribution in [0.5, 0.6) is 5.75 Å². The summed E-state index contributed by atoms with van der Waals surface area (Å²) in [5.74, 6) is -1.90. The minimum absolute atomic E-state index is 0.166. The summed E-state index contributed by atoms with van der Waals surface area (Å²) in [6.07, 6.45) is 1.38. The number of ether oxygens (including phenoxy) is 1. The molecule has 39 heavy (non-hydrogen) atoms. The molecule has 0 spiro atoms. The molecule has 0 fully saturated rings. The van der Waals surface area contributed by atoms with Crippen LogP contribution in [0.25, 0.3) is 0 Å². The highest BCUT2D eigenvalue weighted by Crippen LogP contribution is 2.20. The molecule has 4 aromatic rings. The van der Waals surface area contributed by atoms with E-state index in [1.165, 1.54) is 18.3 Å². The van der Waals surface area contributed by atoms with Gasteiger partial charge < -0.3 is 15.4 Å². The molecule has 0 aliphatic carbocycles. The van der Waals surface area contributed by atoms with Crippen molar-refractivity contribution in [3.05, 3.63) is 123 Å². The molecule has 0 heterocycles. The molecule has 4 rings (SSSR count). The predicted octanol–water partition coefficient (Wildman–Crippen LogP) is 6.02. The summed E-state index contributed by atoms with van der Waals surface area (Å²) in [5, 5.41) is 9.60. The number of hydrogen-bond acceptors (Lipinski definition) is 5. The van der Waals surface area contributed by atoms with Crippen LogP contribution < -0.4 is 20.8 Å². The first-order chi connectivity index (χ1) is 18.9. The third-order valence-electron chi connectivity index (χ3n) is 5.32. The van der Waals surface area contributed by atoms with E-state index in [0.717, 1.165) is 10.0 Å². The van der Waals surface area contributed by atoms with Crippen molar-refractivity contribution in [3.63, 3.8) is 0 Å². The zero-order valence-corrected chi connectivity index (χ0v) is 22.7. The Labute approximate surface area is 238 Å². The van der Waals surface area contributed by atoms with Gasteiger partial charge in [-0.15, -0.1) is 0 Å². The number of carbonyl (C=O) groups is 3. The fourth-order valence-corrected chi connectivity index (χ4v) is 3.76. The van der Waals surface area contributed by atoms with Crippen molar-refractivity contribution < 1.29 is 19.1 Å². The van der Waals surface area contributed by atoms with Gasteiger partial charge >= 0.3 is 11.8 Å². The Kier molecular flexibility index (Phi) is 9.44. The molecule has 3 N–H and O–H groups in total. The van der Waals surface area contributed by atoms with E-state index in [2.05, 4.69) is 37.1 Å². The summed E-state index contributed by atoms with van der Waals surface area (Å²) in [6, 6.07) is 27.8. The van der Waals surface area contributed by atoms with Crippen molar-refractivity contribution in [2.24, 2.45) is 5.10 Å². The molecular weight excluding hydrogens is 584 g/mol. The van der Waals surface area contributed by atoms with Crippen LogP contribution in [0, 0.1) is 0 Å². The average molecular weight is 606 g/mol. The summed E-state index contributed by atoms with van der Waals surface area (Å²) >= 11 is 9.28. The Balaban J connectivity index is 1.35. The molecule has 196 valence electrons. The number of halogens is 2. The molecule has 10 heteroatoms. The minimum Gasteiger partial charge on any atom is -0.488 e. The fraction of sp³-hybridized carbons (Fsp3) is 0.0345. The minimum atomic E-state index is -1.01. The second-order valence-corrected chi connectivity index (χ2v) is 9.46. The van der Waals surface area contributed by atoms with E-state index in [0.29, 0.717) is 28.6 Å². The first-order valence-corrected chi connectivity index (χ1v) is 12.8. The van der Waals surface area contributed by atoms with Gasteiger partial charge in [0.2, 0.25) is 0 Å². The maximum Gasteiger partial charge on any atom is 0.329 e. The first kappa shape index (κ1) is 27.6. The molecule has 4 aromatic carbocycles. The van der Waals surface area contributed by atoms with Crippen LogP contribution in [0.1, 0.15) is 21.5 Å². The van der Waals surface area contributed by atoms with Gasteiger partial charge in [-0.25, -0.2) is 5.43 Å². The number of anilines is 2. The third-order valence-corrected chi connectivity index (χ3v) is 6.11. The lowest BCUT2D eigenvalue weighted by Gasteiger charge is -2.11. The zero-order chi connectivity index (χ0) is 27.6. The standard InChI is InChI=1S/C29H22BrClN4O4/c30-21-11-9-19(10-12-21)18-39-26-8-4-1-5-20(26)17-32-35-29(38)28(37)34-25-7-3-2-6-24(25)27(36)33-23-15-13-22(31)14-16-23/h1-17H,18H2,(H,33,36)(H,34,37)(H,35,38)/b32-17+. The maximum atomic E-state index is 12.8. The monoisotopic (exact) mass is 604 g/mol. The predicted molar refractivity (Wildman–Crippen MR) is 155 cm³/mol.